The van der Waals surface area contributed by atoms with Crippen LogP contribution in [0.15, 0.2) is 12.1 Å². The molecule has 2 aromatic rings. The Morgan fingerprint density at radius 3 is 2.71 bits per heavy atom. The summed E-state index contributed by atoms with van der Waals surface area (Å²) < 4.78 is 5.19. The van der Waals surface area contributed by atoms with E-state index < -0.39 is 6.17 Å². The number of aromatic hydroxyl groups is 1. The number of ether oxygens (including phenoxy) is 1. The maximum atomic E-state index is 12.9. The maximum absolute atomic E-state index is 12.9. The van der Waals surface area contributed by atoms with Crippen LogP contribution in [0, 0.1) is 11.3 Å². The third kappa shape index (κ3) is 3.22. The van der Waals surface area contributed by atoms with Crippen LogP contribution in [0.4, 0.5) is 5.00 Å². The van der Waals surface area contributed by atoms with E-state index in [4.69, 9.17) is 16.3 Å². The molecule has 150 valence electrons. The highest BCUT2D eigenvalue weighted by atomic mass is 35.5. The van der Waals surface area contributed by atoms with Crippen molar-refractivity contribution in [1.82, 2.24) is 5.32 Å². The number of rotatable bonds is 2. The van der Waals surface area contributed by atoms with Crippen molar-refractivity contribution < 1.29 is 14.6 Å². The Hall–Kier alpha value is -1.92. The van der Waals surface area contributed by atoms with Crippen LogP contribution in [0.5, 0.6) is 11.5 Å². The first kappa shape index (κ1) is 19.4. The number of hydrogen-bond donors (Lipinski definition) is 3. The molecule has 5 nitrogen and oxygen atoms in total. The second-order valence-electron chi connectivity index (χ2n) is 8.61. The Morgan fingerprint density at radius 1 is 1.29 bits per heavy atom. The number of fused-ring (bicyclic) bond motifs is 3. The van der Waals surface area contributed by atoms with Gasteiger partial charge < -0.3 is 20.5 Å². The van der Waals surface area contributed by atoms with E-state index in [0.29, 0.717) is 16.5 Å². The smallest absolute Gasteiger partial charge is 0.256 e. The van der Waals surface area contributed by atoms with Crippen LogP contribution in [-0.4, -0.2) is 18.1 Å². The topological polar surface area (TPSA) is 70.6 Å². The molecule has 0 unspecified atom stereocenters. The first-order valence-corrected chi connectivity index (χ1v) is 10.7. The van der Waals surface area contributed by atoms with Gasteiger partial charge in [0.05, 0.1) is 12.7 Å². The van der Waals surface area contributed by atoms with Crippen LogP contribution in [0.3, 0.4) is 0 Å². The molecular formula is C21H25ClN2O3S. The molecule has 0 fully saturated rings. The lowest BCUT2D eigenvalue weighted by atomic mass is 9.72. The summed E-state index contributed by atoms with van der Waals surface area (Å²) in [4.78, 5) is 14.2. The number of nitrogens with one attached hydrogen (secondary N) is 2. The quantitative estimate of drug-likeness (QED) is 0.630. The lowest BCUT2D eigenvalue weighted by Gasteiger charge is -2.34. The van der Waals surface area contributed by atoms with Crippen LogP contribution < -0.4 is 15.4 Å². The molecule has 0 spiro atoms. The van der Waals surface area contributed by atoms with Crippen molar-refractivity contribution in [3.63, 3.8) is 0 Å². The van der Waals surface area contributed by atoms with E-state index in [9.17, 15) is 9.90 Å². The minimum Gasteiger partial charge on any atom is -0.504 e. The largest absolute Gasteiger partial charge is 0.504 e. The standard InChI is InChI=1S/C21H25ClN2O3S/c1-21(2,3)10-5-6-12-15(7-10)28-20-16(12)19(26)23-18(24-20)13-8-11(22)9-14(27-4)17(13)25/h8-10,18,24-25H,5-7H2,1-4H3,(H,23,26)/t10-,18-/m1/s1. The van der Waals surface area contributed by atoms with E-state index >= 15 is 0 Å². The average molecular weight is 421 g/mol. The summed E-state index contributed by atoms with van der Waals surface area (Å²) in [7, 11) is 1.47. The highest BCUT2D eigenvalue weighted by molar-refractivity contribution is 7.16. The van der Waals surface area contributed by atoms with Gasteiger partial charge in [0, 0.05) is 21.5 Å². The van der Waals surface area contributed by atoms with Crippen LogP contribution >= 0.6 is 22.9 Å². The minimum absolute atomic E-state index is 0.0257. The second-order valence-corrected chi connectivity index (χ2v) is 10.2. The summed E-state index contributed by atoms with van der Waals surface area (Å²) in [5, 5.41) is 18.2. The van der Waals surface area contributed by atoms with Crippen LogP contribution in [0.1, 0.15) is 59.7 Å². The molecule has 1 amide bonds. The van der Waals surface area contributed by atoms with E-state index in [2.05, 4.69) is 31.4 Å². The number of methoxy groups -OCH3 is 1. The van der Waals surface area contributed by atoms with E-state index in [1.54, 1.807) is 23.5 Å². The fourth-order valence-corrected chi connectivity index (χ4v) is 5.73. The van der Waals surface area contributed by atoms with Gasteiger partial charge in [-0.2, -0.15) is 0 Å². The average Bonchev–Trinajstić information content (AvgIpc) is 3.00. The van der Waals surface area contributed by atoms with Crippen LogP contribution in [0.2, 0.25) is 5.02 Å². The van der Waals surface area contributed by atoms with E-state index in [0.717, 1.165) is 29.8 Å². The lowest BCUT2D eigenvalue weighted by molar-refractivity contribution is 0.0934. The molecule has 1 aliphatic heterocycles. The van der Waals surface area contributed by atoms with Crippen molar-refractivity contribution in [2.75, 3.05) is 12.4 Å². The zero-order chi connectivity index (χ0) is 20.2. The zero-order valence-corrected chi connectivity index (χ0v) is 18.1. The summed E-state index contributed by atoms with van der Waals surface area (Å²) in [5.74, 6) is 0.758. The summed E-state index contributed by atoms with van der Waals surface area (Å²) in [6.45, 7) is 6.85. The second kappa shape index (κ2) is 6.85. The number of thiophene rings is 1. The van der Waals surface area contributed by atoms with Gasteiger partial charge in [0.1, 0.15) is 11.2 Å². The van der Waals surface area contributed by atoms with Crippen molar-refractivity contribution in [1.29, 1.82) is 0 Å². The van der Waals surface area contributed by atoms with Crippen molar-refractivity contribution in [2.45, 2.75) is 46.2 Å². The first-order chi connectivity index (χ1) is 13.2. The number of phenols is 1. The molecule has 2 heterocycles. The van der Waals surface area contributed by atoms with Gasteiger partial charge in [0.25, 0.3) is 5.91 Å². The predicted octanol–water partition coefficient (Wildman–Crippen LogP) is 5.12. The van der Waals surface area contributed by atoms with Crippen molar-refractivity contribution >= 4 is 33.8 Å². The van der Waals surface area contributed by atoms with Crippen molar-refractivity contribution in [3.8, 4) is 11.5 Å². The molecule has 0 saturated heterocycles. The molecule has 1 aliphatic carbocycles. The number of halogens is 1. The fourth-order valence-electron chi connectivity index (χ4n) is 4.16. The van der Waals surface area contributed by atoms with E-state index in [-0.39, 0.29) is 22.8 Å². The monoisotopic (exact) mass is 420 g/mol. The van der Waals surface area contributed by atoms with E-state index in [1.807, 2.05) is 0 Å². The van der Waals surface area contributed by atoms with Gasteiger partial charge in [-0.05, 0) is 42.2 Å². The Bertz CT molecular complexity index is 948. The van der Waals surface area contributed by atoms with Gasteiger partial charge in [-0.1, -0.05) is 32.4 Å². The van der Waals surface area contributed by atoms with Gasteiger partial charge in [-0.3, -0.25) is 4.79 Å². The van der Waals surface area contributed by atoms with Crippen LogP contribution in [-0.2, 0) is 12.8 Å². The molecule has 28 heavy (non-hydrogen) atoms. The molecule has 4 rings (SSSR count). The van der Waals surface area contributed by atoms with Gasteiger partial charge >= 0.3 is 0 Å². The molecule has 3 N–H and O–H groups in total. The summed E-state index contributed by atoms with van der Waals surface area (Å²) in [6.07, 6.45) is 2.47. The maximum Gasteiger partial charge on any atom is 0.256 e. The number of hydrogen-bond acceptors (Lipinski definition) is 5. The molecule has 1 aromatic carbocycles. The molecule has 7 heteroatoms. The Labute approximate surface area is 174 Å². The Balaban J connectivity index is 1.69. The number of carbonyl (C=O) groups is 1. The molecule has 0 saturated carbocycles. The molecular weight excluding hydrogens is 396 g/mol. The van der Waals surface area contributed by atoms with Crippen molar-refractivity contribution in [2.24, 2.45) is 11.3 Å². The highest BCUT2D eigenvalue weighted by Gasteiger charge is 2.37. The zero-order valence-electron chi connectivity index (χ0n) is 16.5. The molecule has 0 bridgehead atoms. The molecule has 2 aliphatic rings. The fraction of sp³-hybridized carbons (Fsp3) is 0.476. The SMILES string of the molecule is COc1cc(Cl)cc([C@@H]2NC(=O)c3c(sc4c3CC[C@@H](C(C)(C)C)C4)N2)c1O. The molecule has 1 aromatic heterocycles. The van der Waals surface area contributed by atoms with Gasteiger partial charge in [-0.25, -0.2) is 0 Å². The number of phenolic OH excluding ortho intramolecular Hbond substituents is 1. The number of carbonyl (C=O) groups excluding carboxylic acids is 1. The third-order valence-electron chi connectivity index (χ3n) is 5.87. The van der Waals surface area contributed by atoms with Crippen LogP contribution in [0.25, 0.3) is 0 Å². The van der Waals surface area contributed by atoms with Gasteiger partial charge in [0.15, 0.2) is 11.5 Å². The van der Waals surface area contributed by atoms with Gasteiger partial charge in [0.2, 0.25) is 0 Å². The Morgan fingerprint density at radius 2 is 2.04 bits per heavy atom. The lowest BCUT2D eigenvalue weighted by Crippen LogP contribution is -2.38. The van der Waals surface area contributed by atoms with E-state index in [1.165, 1.54) is 17.6 Å². The van der Waals surface area contributed by atoms with Gasteiger partial charge in [-0.15, -0.1) is 11.3 Å². The number of anilines is 1. The summed E-state index contributed by atoms with van der Waals surface area (Å²) in [6, 6.07) is 3.19. The number of benzene rings is 1. The number of amides is 1. The highest BCUT2D eigenvalue weighted by Crippen LogP contribution is 2.47. The summed E-state index contributed by atoms with van der Waals surface area (Å²) in [5.41, 5.74) is 2.68. The summed E-state index contributed by atoms with van der Waals surface area (Å²) >= 11 is 7.83. The van der Waals surface area contributed by atoms with Crippen molar-refractivity contribution in [3.05, 3.63) is 38.7 Å². The molecule has 0 radical (unpaired) electrons. The normalized spacial score (nSPS) is 21.4. The third-order valence-corrected chi connectivity index (χ3v) is 7.27. The predicted molar refractivity (Wildman–Crippen MR) is 113 cm³/mol. The first-order valence-electron chi connectivity index (χ1n) is 9.47. The molecule has 2 atom stereocenters. The Kier molecular flexibility index (Phi) is 4.74. The minimum atomic E-state index is -0.564.